The summed E-state index contributed by atoms with van der Waals surface area (Å²) in [6, 6.07) is 0. The van der Waals surface area contributed by atoms with Gasteiger partial charge < -0.3 is 0 Å². The summed E-state index contributed by atoms with van der Waals surface area (Å²) in [6.07, 6.45) is 0. The van der Waals surface area contributed by atoms with E-state index >= 15 is 0 Å². The van der Waals surface area contributed by atoms with Crippen molar-refractivity contribution >= 4 is 63.7 Å². The van der Waals surface area contributed by atoms with Crippen LogP contribution >= 0.6 is 63.7 Å². The highest BCUT2D eigenvalue weighted by molar-refractivity contribution is 9.13. The lowest BCUT2D eigenvalue weighted by molar-refractivity contribution is 0.205. The molecule has 0 aromatic rings. The Hall–Kier alpha value is 1.92. The molecule has 12 saturated carbocycles. The molecule has 0 aromatic heterocycles. The van der Waals surface area contributed by atoms with Gasteiger partial charge in [-0.15, -0.1) is 0 Å². The molecule has 0 aromatic carbocycles. The minimum atomic E-state index is 0.428. The summed E-state index contributed by atoms with van der Waals surface area (Å²) < 4.78 is 1.93. The zero-order valence-electron chi connectivity index (χ0n) is 12.7. The molecule has 0 N–H and O–H groups in total. The van der Waals surface area contributed by atoms with E-state index < -0.39 is 0 Å². The highest BCUT2D eigenvalue weighted by atomic mass is 79.9. The lowest BCUT2D eigenvalue weighted by Gasteiger charge is -2.42. The third-order valence-corrected chi connectivity index (χ3v) is 20.4. The fraction of sp³-hybridized carbons (Fsp3) is 1.00. The first kappa shape index (κ1) is 12.5. The number of alkyl halides is 4. The molecule has 4 heteroatoms. The lowest BCUT2D eigenvalue weighted by atomic mass is 9.77. The molecule has 12 aliphatic carbocycles. The van der Waals surface area contributed by atoms with Gasteiger partial charge in [-0.2, -0.15) is 0 Å². The summed E-state index contributed by atoms with van der Waals surface area (Å²) in [5.74, 6) is 16.9. The molecule has 16 atom stereocenters. The minimum Gasteiger partial charge on any atom is -0.0843 e. The standard InChI is InChI=1S/C20H16Br4/c21-17-9-4-2-1-3-5(4)10-7(9)8-15(17)19(23)13(11(2)17)6(1)14-12(3)18(10,22)16(8)20(14,19)24/h1-16H. The molecule has 0 amide bonds. The molecule has 12 rings (SSSR count). The smallest absolute Gasteiger partial charge is 0.0495 e. The van der Waals surface area contributed by atoms with Gasteiger partial charge in [-0.1, -0.05) is 63.7 Å². The van der Waals surface area contributed by atoms with Crippen LogP contribution in [0.5, 0.6) is 0 Å². The molecule has 0 saturated heterocycles. The Morgan fingerprint density at radius 2 is 0.792 bits per heavy atom. The monoisotopic (exact) mass is 572 g/mol. The number of hydrogen-bond donors (Lipinski definition) is 0. The van der Waals surface area contributed by atoms with Gasteiger partial charge >= 0.3 is 0 Å². The first-order valence-corrected chi connectivity index (χ1v) is 13.4. The van der Waals surface area contributed by atoms with Gasteiger partial charge in [0.25, 0.3) is 0 Å². The van der Waals surface area contributed by atoms with Crippen molar-refractivity contribution in [1.82, 2.24) is 0 Å². The Labute approximate surface area is 174 Å². The maximum Gasteiger partial charge on any atom is 0.0495 e. The minimum absolute atomic E-state index is 0.428. The first-order chi connectivity index (χ1) is 11.5. The van der Waals surface area contributed by atoms with Crippen molar-refractivity contribution in [2.45, 2.75) is 17.3 Å². The third-order valence-electron chi connectivity index (χ3n) is 13.4. The zero-order valence-corrected chi connectivity index (χ0v) is 19.1. The van der Waals surface area contributed by atoms with E-state index in [0.717, 1.165) is 94.7 Å². The largest absolute Gasteiger partial charge is 0.0843 e. The maximum atomic E-state index is 4.63. The second-order valence-corrected chi connectivity index (χ2v) is 17.3. The van der Waals surface area contributed by atoms with E-state index in [0.29, 0.717) is 17.3 Å². The molecule has 0 radical (unpaired) electrons. The van der Waals surface area contributed by atoms with Crippen LogP contribution in [0.3, 0.4) is 0 Å². The molecular weight excluding hydrogens is 560 g/mol. The van der Waals surface area contributed by atoms with Crippen LogP contribution in [0.15, 0.2) is 0 Å². The van der Waals surface area contributed by atoms with Crippen molar-refractivity contribution in [2.24, 2.45) is 94.7 Å². The molecule has 0 aliphatic heterocycles. The highest BCUT2D eigenvalue weighted by Crippen LogP contribution is 3.07. The molecular formula is C20H16Br4. The summed E-state index contributed by atoms with van der Waals surface area (Å²) in [6.45, 7) is 0. The molecule has 0 bridgehead atoms. The Morgan fingerprint density at radius 1 is 0.375 bits per heavy atom. The van der Waals surface area contributed by atoms with E-state index in [-0.39, 0.29) is 0 Å². The van der Waals surface area contributed by atoms with E-state index in [1.54, 1.807) is 0 Å². The fourth-order valence-corrected chi connectivity index (χ4v) is 23.0. The predicted octanol–water partition coefficient (Wildman–Crippen LogP) is 4.53. The SMILES string of the molecule is BrC12C3C4C5C6C7C4C1C1C7C4C6C6(Br)C5C3C3C2C1(Br)C4(Br)C36. The Balaban J connectivity index is 1.49. The van der Waals surface area contributed by atoms with E-state index in [2.05, 4.69) is 63.7 Å². The van der Waals surface area contributed by atoms with Crippen LogP contribution < -0.4 is 0 Å². The van der Waals surface area contributed by atoms with Crippen LogP contribution in [0, 0.1) is 94.7 Å². The van der Waals surface area contributed by atoms with E-state index in [9.17, 15) is 0 Å². The van der Waals surface area contributed by atoms with Gasteiger partial charge in [-0.25, -0.2) is 0 Å². The summed E-state index contributed by atoms with van der Waals surface area (Å²) >= 11 is 18.5. The van der Waals surface area contributed by atoms with Crippen molar-refractivity contribution in [2.75, 3.05) is 0 Å². The molecule has 16 unspecified atom stereocenters. The van der Waals surface area contributed by atoms with Gasteiger partial charge in [0.15, 0.2) is 0 Å². The summed E-state index contributed by atoms with van der Waals surface area (Å²) in [4.78, 5) is 0. The quantitative estimate of drug-likeness (QED) is 0.373. The van der Waals surface area contributed by atoms with Crippen LogP contribution in [0.4, 0.5) is 0 Å². The van der Waals surface area contributed by atoms with E-state index in [1.807, 2.05) is 0 Å². The van der Waals surface area contributed by atoms with Gasteiger partial charge in [-0.3, -0.25) is 0 Å². The van der Waals surface area contributed by atoms with Gasteiger partial charge in [0, 0.05) is 17.3 Å². The molecule has 12 fully saturated rings. The first-order valence-electron chi connectivity index (χ1n) is 10.2. The third kappa shape index (κ3) is 0.582. The van der Waals surface area contributed by atoms with Gasteiger partial charge in [0.2, 0.25) is 0 Å². The van der Waals surface area contributed by atoms with Crippen molar-refractivity contribution in [3.8, 4) is 0 Å². The fourth-order valence-electron chi connectivity index (χ4n) is 15.1. The summed E-state index contributed by atoms with van der Waals surface area (Å²) in [5.41, 5.74) is 0. The van der Waals surface area contributed by atoms with Crippen molar-refractivity contribution < 1.29 is 0 Å². The molecule has 0 nitrogen and oxygen atoms in total. The Bertz CT molecular complexity index is 836. The van der Waals surface area contributed by atoms with Crippen LogP contribution in [0.1, 0.15) is 0 Å². The topological polar surface area (TPSA) is 0 Å². The van der Waals surface area contributed by atoms with Crippen molar-refractivity contribution in [3.63, 3.8) is 0 Å². The molecule has 0 heterocycles. The van der Waals surface area contributed by atoms with E-state index in [4.69, 9.17) is 0 Å². The zero-order chi connectivity index (χ0) is 15.2. The van der Waals surface area contributed by atoms with Crippen molar-refractivity contribution in [1.29, 1.82) is 0 Å². The van der Waals surface area contributed by atoms with Crippen LogP contribution in [-0.2, 0) is 0 Å². The average Bonchev–Trinajstić information content (AvgIpc) is 3.26. The second-order valence-electron chi connectivity index (χ2n) is 11.9. The number of hydrogen-bond acceptors (Lipinski definition) is 0. The highest BCUT2D eigenvalue weighted by Gasteiger charge is 3.09. The van der Waals surface area contributed by atoms with Gasteiger partial charge in [0.1, 0.15) is 0 Å². The number of rotatable bonds is 0. The summed E-state index contributed by atoms with van der Waals surface area (Å²) in [5, 5.41) is 0. The van der Waals surface area contributed by atoms with Gasteiger partial charge in [-0.05, 0) is 94.7 Å². The van der Waals surface area contributed by atoms with Crippen LogP contribution in [0.2, 0.25) is 0 Å². The normalized spacial score (nSPS) is 104. The maximum absolute atomic E-state index is 4.63. The molecule has 0 spiro atoms. The Morgan fingerprint density at radius 3 is 1.29 bits per heavy atom. The molecule has 124 valence electrons. The average molecular weight is 576 g/mol. The van der Waals surface area contributed by atoms with Crippen LogP contribution in [-0.4, -0.2) is 17.3 Å². The summed E-state index contributed by atoms with van der Waals surface area (Å²) in [7, 11) is 0. The van der Waals surface area contributed by atoms with E-state index in [1.165, 1.54) is 0 Å². The molecule has 12 aliphatic rings. The van der Waals surface area contributed by atoms with Gasteiger partial charge in [0.05, 0.1) is 0 Å². The predicted molar refractivity (Wildman–Crippen MR) is 102 cm³/mol. The molecule has 24 heavy (non-hydrogen) atoms. The Kier molecular flexibility index (Phi) is 1.36. The lowest BCUT2D eigenvalue weighted by Crippen LogP contribution is -2.49. The second kappa shape index (κ2) is 2.61. The van der Waals surface area contributed by atoms with Crippen LogP contribution in [0.25, 0.3) is 0 Å². The van der Waals surface area contributed by atoms with Crippen molar-refractivity contribution in [3.05, 3.63) is 0 Å². The number of halogens is 4.